The molecule has 1 amide bonds. The molecule has 0 aliphatic carbocycles. The van der Waals surface area contributed by atoms with Gasteiger partial charge >= 0.3 is 0 Å². The summed E-state index contributed by atoms with van der Waals surface area (Å²) in [7, 11) is -3.51. The van der Waals surface area contributed by atoms with Crippen molar-refractivity contribution >= 4 is 33.4 Å². The van der Waals surface area contributed by atoms with Gasteiger partial charge in [-0.15, -0.1) is 0 Å². The monoisotopic (exact) mass is 274 g/mol. The lowest BCUT2D eigenvalue weighted by Gasteiger charge is -2.05. The van der Waals surface area contributed by atoms with Crippen LogP contribution in [0.25, 0.3) is 0 Å². The van der Waals surface area contributed by atoms with E-state index >= 15 is 0 Å². The van der Waals surface area contributed by atoms with E-state index in [1.165, 1.54) is 11.8 Å². The maximum absolute atomic E-state index is 11.3. The molecule has 1 rings (SSSR count). The third kappa shape index (κ3) is 5.71. The Morgan fingerprint density at radius 2 is 1.94 bits per heavy atom. The fourth-order valence-electron chi connectivity index (χ4n) is 1.24. The summed E-state index contributed by atoms with van der Waals surface area (Å²) < 4.78 is 21.7. The number of rotatable bonds is 5. The number of sulfonamides is 1. The largest absolute Gasteiger partial charge is 0.325 e. The quantitative estimate of drug-likeness (QED) is 0.830. The van der Waals surface area contributed by atoms with Crippen molar-refractivity contribution in [3.05, 3.63) is 29.8 Å². The molecule has 1 aromatic carbocycles. The van der Waals surface area contributed by atoms with Gasteiger partial charge in [0.25, 0.3) is 0 Å². The summed E-state index contributed by atoms with van der Waals surface area (Å²) in [5.41, 5.74) is 1.23. The molecule has 5 nitrogen and oxygen atoms in total. The van der Waals surface area contributed by atoms with Crippen molar-refractivity contribution in [2.75, 3.05) is 17.3 Å². The maximum atomic E-state index is 11.3. The van der Waals surface area contributed by atoms with Gasteiger partial charge in [-0.1, -0.05) is 12.1 Å². The van der Waals surface area contributed by atoms with E-state index in [0.717, 1.165) is 0 Å². The van der Waals surface area contributed by atoms with Gasteiger partial charge in [-0.25, -0.2) is 13.6 Å². The summed E-state index contributed by atoms with van der Waals surface area (Å²) in [5, 5.41) is 7.62. The van der Waals surface area contributed by atoms with E-state index in [2.05, 4.69) is 5.32 Å². The van der Waals surface area contributed by atoms with Crippen LogP contribution in [0, 0.1) is 0 Å². The van der Waals surface area contributed by atoms with Gasteiger partial charge in [0.05, 0.1) is 11.5 Å². The summed E-state index contributed by atoms with van der Waals surface area (Å²) in [4.78, 5) is 11.3. The lowest BCUT2D eigenvalue weighted by molar-refractivity contribution is -0.113. The van der Waals surface area contributed by atoms with E-state index in [4.69, 9.17) is 5.14 Å². The first-order valence-corrected chi connectivity index (χ1v) is 7.90. The second-order valence-electron chi connectivity index (χ2n) is 3.49. The van der Waals surface area contributed by atoms with Crippen LogP contribution >= 0.6 is 11.8 Å². The van der Waals surface area contributed by atoms with Crippen molar-refractivity contribution in [1.82, 2.24) is 0 Å². The van der Waals surface area contributed by atoms with Gasteiger partial charge < -0.3 is 5.32 Å². The van der Waals surface area contributed by atoms with Crippen LogP contribution in [-0.4, -0.2) is 26.3 Å². The molecule has 94 valence electrons. The van der Waals surface area contributed by atoms with E-state index in [-0.39, 0.29) is 11.7 Å². The smallest absolute Gasteiger partial charge is 0.234 e. The molecule has 0 spiro atoms. The Balaban J connectivity index is 2.65. The second-order valence-corrected chi connectivity index (χ2v) is 5.97. The molecule has 0 fully saturated rings. The number of benzene rings is 1. The maximum Gasteiger partial charge on any atom is 0.234 e. The molecular formula is C10H14N2O3S2. The van der Waals surface area contributed by atoms with Crippen LogP contribution in [0.3, 0.4) is 0 Å². The van der Waals surface area contributed by atoms with Crippen molar-refractivity contribution < 1.29 is 13.2 Å². The van der Waals surface area contributed by atoms with E-state index < -0.39 is 10.0 Å². The summed E-state index contributed by atoms with van der Waals surface area (Å²) in [6.07, 6.45) is 1.84. The first-order valence-electron chi connectivity index (χ1n) is 4.79. The molecule has 0 radical (unpaired) electrons. The lowest BCUT2D eigenvalue weighted by atomic mass is 10.2. The minimum Gasteiger partial charge on any atom is -0.325 e. The average molecular weight is 274 g/mol. The predicted octanol–water partition coefficient (Wildman–Crippen LogP) is 0.777. The van der Waals surface area contributed by atoms with E-state index in [1.807, 2.05) is 6.26 Å². The third-order valence-corrected chi connectivity index (χ3v) is 3.17. The SMILES string of the molecule is CSCC(=O)Nc1ccc(CS(N)(=O)=O)cc1. The Labute approximate surface area is 105 Å². The fourth-order valence-corrected chi connectivity index (χ4v) is 2.24. The van der Waals surface area contributed by atoms with Crippen molar-refractivity contribution in [3.63, 3.8) is 0 Å². The third-order valence-electron chi connectivity index (χ3n) is 1.88. The Hall–Kier alpha value is -1.05. The number of hydrogen-bond donors (Lipinski definition) is 2. The normalized spacial score (nSPS) is 11.2. The van der Waals surface area contributed by atoms with E-state index in [9.17, 15) is 13.2 Å². The topological polar surface area (TPSA) is 89.3 Å². The van der Waals surface area contributed by atoms with Gasteiger partial charge in [0.2, 0.25) is 15.9 Å². The molecule has 0 aliphatic rings. The summed E-state index contributed by atoms with van der Waals surface area (Å²) in [6.45, 7) is 0. The second kappa shape index (κ2) is 6.04. The highest BCUT2D eigenvalue weighted by Crippen LogP contribution is 2.11. The molecule has 0 heterocycles. The van der Waals surface area contributed by atoms with Crippen LogP contribution < -0.4 is 10.5 Å². The van der Waals surface area contributed by atoms with Crippen LogP contribution in [-0.2, 0) is 20.6 Å². The number of anilines is 1. The van der Waals surface area contributed by atoms with Crippen molar-refractivity contribution in [1.29, 1.82) is 0 Å². The number of hydrogen-bond acceptors (Lipinski definition) is 4. The van der Waals surface area contributed by atoms with Crippen LogP contribution in [0.1, 0.15) is 5.56 Å². The van der Waals surface area contributed by atoms with Gasteiger partial charge in [-0.05, 0) is 24.0 Å². The zero-order valence-electron chi connectivity index (χ0n) is 9.34. The van der Waals surface area contributed by atoms with E-state index in [1.54, 1.807) is 24.3 Å². The summed E-state index contributed by atoms with van der Waals surface area (Å²) in [5.74, 6) is 0.0991. The Kier molecular flexibility index (Phi) is 4.98. The molecule has 7 heteroatoms. The molecule has 0 saturated carbocycles. The fraction of sp³-hybridized carbons (Fsp3) is 0.300. The number of primary sulfonamides is 1. The molecule has 0 aromatic heterocycles. The van der Waals surface area contributed by atoms with Crippen LogP contribution in [0.15, 0.2) is 24.3 Å². The molecule has 0 aliphatic heterocycles. The highest BCUT2D eigenvalue weighted by atomic mass is 32.2. The number of carbonyl (C=O) groups excluding carboxylic acids is 1. The van der Waals surface area contributed by atoms with Crippen LogP contribution in [0.4, 0.5) is 5.69 Å². The number of amides is 1. The van der Waals surface area contributed by atoms with Crippen molar-refractivity contribution in [3.8, 4) is 0 Å². The van der Waals surface area contributed by atoms with Crippen molar-refractivity contribution in [2.45, 2.75) is 5.75 Å². The molecule has 0 atom stereocenters. The van der Waals surface area contributed by atoms with Crippen LogP contribution in [0.5, 0.6) is 0 Å². The number of carbonyl (C=O) groups is 1. The summed E-state index contributed by atoms with van der Waals surface area (Å²) in [6, 6.07) is 6.55. The molecule has 0 saturated heterocycles. The molecule has 0 bridgehead atoms. The van der Waals surface area contributed by atoms with E-state index in [0.29, 0.717) is 17.0 Å². The number of nitrogens with one attached hydrogen (secondary N) is 1. The molecule has 17 heavy (non-hydrogen) atoms. The first kappa shape index (κ1) is 14.0. The Morgan fingerprint density at radius 1 is 1.35 bits per heavy atom. The van der Waals surface area contributed by atoms with Crippen molar-refractivity contribution in [2.24, 2.45) is 5.14 Å². The minimum absolute atomic E-state index is 0.0864. The standard InChI is InChI=1S/C10H14N2O3S2/c1-16-6-10(13)12-9-4-2-8(3-5-9)7-17(11,14)15/h2-5H,6-7H2,1H3,(H,12,13)(H2,11,14,15). The Morgan fingerprint density at radius 3 is 2.41 bits per heavy atom. The molecule has 0 unspecified atom stereocenters. The van der Waals surface area contributed by atoms with Crippen LogP contribution in [0.2, 0.25) is 0 Å². The molecule has 3 N–H and O–H groups in total. The van der Waals surface area contributed by atoms with Gasteiger partial charge in [-0.3, -0.25) is 4.79 Å². The van der Waals surface area contributed by atoms with Gasteiger partial charge in [-0.2, -0.15) is 11.8 Å². The lowest BCUT2D eigenvalue weighted by Crippen LogP contribution is -2.15. The minimum atomic E-state index is -3.51. The average Bonchev–Trinajstić information content (AvgIpc) is 2.19. The molecular weight excluding hydrogens is 260 g/mol. The highest BCUT2D eigenvalue weighted by molar-refractivity contribution is 7.99. The predicted molar refractivity (Wildman–Crippen MR) is 70.3 cm³/mol. The number of thioether (sulfide) groups is 1. The van der Waals surface area contributed by atoms with Gasteiger partial charge in [0.15, 0.2) is 0 Å². The first-order chi connectivity index (χ1) is 7.90. The zero-order chi connectivity index (χ0) is 12.9. The van der Waals surface area contributed by atoms with Gasteiger partial charge in [0.1, 0.15) is 0 Å². The summed E-state index contributed by atoms with van der Waals surface area (Å²) >= 11 is 1.43. The zero-order valence-corrected chi connectivity index (χ0v) is 11.0. The number of nitrogens with two attached hydrogens (primary N) is 1. The Bertz CT molecular complexity index is 483. The highest BCUT2D eigenvalue weighted by Gasteiger charge is 2.05. The van der Waals surface area contributed by atoms with Gasteiger partial charge in [0, 0.05) is 5.69 Å². The molecule has 1 aromatic rings.